The van der Waals surface area contributed by atoms with Crippen LogP contribution in [-0.4, -0.2) is 58.1 Å². The molecule has 0 radical (unpaired) electrons. The fraction of sp³-hybridized carbons (Fsp3) is 0.700. The highest BCUT2D eigenvalue weighted by molar-refractivity contribution is 5.77. The zero-order valence-corrected chi connectivity index (χ0v) is 15.1. The lowest BCUT2D eigenvalue weighted by Gasteiger charge is -2.41. The summed E-state index contributed by atoms with van der Waals surface area (Å²) >= 11 is 0. The molecule has 1 aliphatic carbocycles. The number of hydrogen-bond acceptors (Lipinski definition) is 4. The molecule has 0 spiro atoms. The van der Waals surface area contributed by atoms with E-state index in [2.05, 4.69) is 9.88 Å². The van der Waals surface area contributed by atoms with Crippen LogP contribution in [0.1, 0.15) is 50.5 Å². The van der Waals surface area contributed by atoms with E-state index in [1.807, 2.05) is 17.0 Å². The smallest absolute Gasteiger partial charge is 0.248 e. The largest absolute Gasteiger partial charge is 0.387 e. The maximum atomic E-state index is 12.2. The number of pyridine rings is 1. The summed E-state index contributed by atoms with van der Waals surface area (Å²) in [7, 11) is 0. The van der Waals surface area contributed by atoms with E-state index < -0.39 is 6.61 Å². The lowest BCUT2D eigenvalue weighted by Crippen LogP contribution is -2.47. The number of hydrogen-bond donors (Lipinski definition) is 1. The van der Waals surface area contributed by atoms with Crippen LogP contribution in [0, 0.1) is 5.92 Å². The molecule has 5 nitrogen and oxygen atoms in total. The number of piperidine rings is 1. The van der Waals surface area contributed by atoms with Crippen molar-refractivity contribution in [1.82, 2.24) is 14.8 Å². The van der Waals surface area contributed by atoms with Crippen LogP contribution in [0.15, 0.2) is 24.5 Å². The van der Waals surface area contributed by atoms with Gasteiger partial charge in [-0.05, 0) is 49.8 Å². The second-order valence-electron chi connectivity index (χ2n) is 7.59. The van der Waals surface area contributed by atoms with Crippen LogP contribution >= 0.6 is 0 Å². The van der Waals surface area contributed by atoms with Crippen LogP contribution in [0.2, 0.25) is 0 Å². The van der Waals surface area contributed by atoms with Crippen LogP contribution in [0.25, 0.3) is 0 Å². The monoisotopic (exact) mass is 345 g/mol. The zero-order valence-electron chi connectivity index (χ0n) is 15.1. The highest BCUT2D eigenvalue weighted by Gasteiger charge is 2.28. The van der Waals surface area contributed by atoms with Crippen molar-refractivity contribution < 1.29 is 9.90 Å². The Bertz CT molecular complexity index is 531. The summed E-state index contributed by atoms with van der Waals surface area (Å²) < 4.78 is 0. The van der Waals surface area contributed by atoms with Crippen molar-refractivity contribution in [3.8, 4) is 0 Å². The summed E-state index contributed by atoms with van der Waals surface area (Å²) in [6.07, 6.45) is 12.7. The van der Waals surface area contributed by atoms with Crippen LogP contribution in [0.5, 0.6) is 0 Å². The molecule has 2 heterocycles. The normalized spacial score (nSPS) is 22.7. The first kappa shape index (κ1) is 18.3. The number of aliphatic hydroxyl groups excluding tert-OH is 1. The summed E-state index contributed by atoms with van der Waals surface area (Å²) in [4.78, 5) is 20.8. The minimum Gasteiger partial charge on any atom is -0.387 e. The molecule has 138 valence electrons. The van der Waals surface area contributed by atoms with E-state index in [9.17, 15) is 9.90 Å². The van der Waals surface area contributed by atoms with Crippen LogP contribution < -0.4 is 0 Å². The van der Waals surface area contributed by atoms with Crippen molar-refractivity contribution in [2.75, 3.05) is 26.2 Å². The molecular weight excluding hydrogens is 314 g/mol. The highest BCUT2D eigenvalue weighted by atomic mass is 16.3. The van der Waals surface area contributed by atoms with Crippen LogP contribution in [0.4, 0.5) is 0 Å². The number of aliphatic hydroxyl groups is 1. The Kier molecular flexibility index (Phi) is 6.82. The van der Waals surface area contributed by atoms with Crippen molar-refractivity contribution in [3.63, 3.8) is 0 Å². The molecule has 25 heavy (non-hydrogen) atoms. The van der Waals surface area contributed by atoms with Gasteiger partial charge in [0.15, 0.2) is 0 Å². The van der Waals surface area contributed by atoms with Gasteiger partial charge >= 0.3 is 0 Å². The van der Waals surface area contributed by atoms with E-state index in [0.717, 1.165) is 24.7 Å². The van der Waals surface area contributed by atoms with Gasteiger partial charge in [0.1, 0.15) is 6.61 Å². The van der Waals surface area contributed by atoms with E-state index in [1.54, 1.807) is 12.4 Å². The molecule has 3 rings (SSSR count). The van der Waals surface area contributed by atoms with E-state index in [0.29, 0.717) is 12.5 Å². The van der Waals surface area contributed by atoms with Gasteiger partial charge in [-0.15, -0.1) is 0 Å². The lowest BCUT2D eigenvalue weighted by atomic mass is 9.90. The Morgan fingerprint density at radius 2 is 2.08 bits per heavy atom. The number of nitrogens with zero attached hydrogens (tertiary/aromatic N) is 3. The zero-order chi connectivity index (χ0) is 17.5. The lowest BCUT2D eigenvalue weighted by molar-refractivity contribution is -0.135. The van der Waals surface area contributed by atoms with E-state index >= 15 is 0 Å². The highest BCUT2D eigenvalue weighted by Crippen LogP contribution is 2.27. The van der Waals surface area contributed by atoms with Crippen LogP contribution in [0.3, 0.4) is 0 Å². The van der Waals surface area contributed by atoms with Gasteiger partial charge in [0.25, 0.3) is 0 Å². The summed E-state index contributed by atoms with van der Waals surface area (Å²) in [6, 6.07) is 4.62. The molecule has 1 N–H and O–H groups in total. The fourth-order valence-corrected chi connectivity index (χ4v) is 4.40. The Morgan fingerprint density at radius 3 is 2.80 bits per heavy atom. The predicted molar refractivity (Wildman–Crippen MR) is 97.9 cm³/mol. The van der Waals surface area contributed by atoms with Gasteiger partial charge in [-0.2, -0.15) is 0 Å². The van der Waals surface area contributed by atoms with E-state index in [-0.39, 0.29) is 5.91 Å². The fourth-order valence-electron chi connectivity index (χ4n) is 4.40. The standard InChI is InChI=1S/C20H31N3O2/c24-16-20(25)23(13-17-6-4-10-21-12-17)15-18-7-5-11-22(14-18)19-8-2-1-3-9-19/h4,6,10,12,18-19,24H,1-3,5,7-9,11,13-16H2/t18-/m1/s1. The maximum absolute atomic E-state index is 12.2. The number of carbonyl (C=O) groups excluding carboxylic acids is 1. The predicted octanol–water partition coefficient (Wildman–Crippen LogP) is 2.45. The number of carbonyl (C=O) groups is 1. The summed E-state index contributed by atoms with van der Waals surface area (Å²) in [5, 5.41) is 9.35. The first-order valence-electron chi connectivity index (χ1n) is 9.78. The van der Waals surface area contributed by atoms with Crippen molar-refractivity contribution in [1.29, 1.82) is 0 Å². The minimum absolute atomic E-state index is 0.182. The Balaban J connectivity index is 1.59. The van der Waals surface area contributed by atoms with Crippen molar-refractivity contribution in [3.05, 3.63) is 30.1 Å². The molecule has 1 aliphatic heterocycles. The third-order valence-electron chi connectivity index (χ3n) is 5.70. The van der Waals surface area contributed by atoms with Gasteiger partial charge in [-0.1, -0.05) is 25.3 Å². The average Bonchev–Trinajstić information content (AvgIpc) is 2.68. The quantitative estimate of drug-likeness (QED) is 0.860. The van der Waals surface area contributed by atoms with Crippen LogP contribution in [-0.2, 0) is 11.3 Å². The molecule has 1 atom stereocenters. The van der Waals surface area contributed by atoms with Gasteiger partial charge in [-0.25, -0.2) is 0 Å². The molecule has 1 aromatic rings. The Labute approximate surface area is 151 Å². The SMILES string of the molecule is O=C(CO)N(Cc1cccnc1)C[C@@H]1CCCN(C2CCCCC2)C1. The molecule has 1 amide bonds. The van der Waals surface area contributed by atoms with Crippen molar-refractivity contribution >= 4 is 5.91 Å². The molecule has 5 heteroatoms. The van der Waals surface area contributed by atoms with Crippen molar-refractivity contribution in [2.24, 2.45) is 5.92 Å². The molecule has 1 aromatic heterocycles. The van der Waals surface area contributed by atoms with Gasteiger partial charge < -0.3 is 14.9 Å². The van der Waals surface area contributed by atoms with Gasteiger partial charge in [-0.3, -0.25) is 9.78 Å². The van der Waals surface area contributed by atoms with Gasteiger partial charge in [0.05, 0.1) is 0 Å². The third kappa shape index (κ3) is 5.25. The first-order valence-corrected chi connectivity index (χ1v) is 9.78. The third-order valence-corrected chi connectivity index (χ3v) is 5.70. The summed E-state index contributed by atoms with van der Waals surface area (Å²) in [5.41, 5.74) is 1.02. The minimum atomic E-state index is -0.417. The molecule has 0 unspecified atom stereocenters. The number of likely N-dealkylation sites (tertiary alicyclic amines) is 1. The first-order chi connectivity index (χ1) is 12.3. The molecular formula is C20H31N3O2. The second-order valence-corrected chi connectivity index (χ2v) is 7.59. The summed E-state index contributed by atoms with van der Waals surface area (Å²) in [5.74, 6) is 0.321. The van der Waals surface area contributed by atoms with E-state index in [4.69, 9.17) is 0 Å². The second kappa shape index (κ2) is 9.30. The molecule has 1 saturated carbocycles. The molecule has 1 saturated heterocycles. The molecule has 0 aromatic carbocycles. The number of amides is 1. The Morgan fingerprint density at radius 1 is 1.24 bits per heavy atom. The summed E-state index contributed by atoms with van der Waals surface area (Å²) in [6.45, 7) is 3.15. The van der Waals surface area contributed by atoms with Gasteiger partial charge in [0.2, 0.25) is 5.91 Å². The number of aromatic nitrogens is 1. The molecule has 0 bridgehead atoms. The average molecular weight is 345 g/mol. The van der Waals surface area contributed by atoms with E-state index in [1.165, 1.54) is 51.5 Å². The Hall–Kier alpha value is -1.46. The van der Waals surface area contributed by atoms with Crippen molar-refractivity contribution in [2.45, 2.75) is 57.5 Å². The van der Waals surface area contributed by atoms with Gasteiger partial charge in [0, 0.05) is 38.1 Å². The number of rotatable bonds is 6. The molecule has 2 aliphatic rings. The molecule has 2 fully saturated rings. The maximum Gasteiger partial charge on any atom is 0.248 e. The topological polar surface area (TPSA) is 56.7 Å².